The molecule has 0 N–H and O–H groups in total. The summed E-state index contributed by atoms with van der Waals surface area (Å²) in [5.41, 5.74) is 2.51. The molecule has 3 aromatic rings. The number of benzene rings is 1. The summed E-state index contributed by atoms with van der Waals surface area (Å²) in [5.74, 6) is 0.0314. The number of hydrogen-bond donors (Lipinski definition) is 0. The summed E-state index contributed by atoms with van der Waals surface area (Å²) >= 11 is 6.59. The van der Waals surface area contributed by atoms with Crippen LogP contribution in [0.1, 0.15) is 11.1 Å². The van der Waals surface area contributed by atoms with Crippen molar-refractivity contribution in [2.45, 2.75) is 6.92 Å². The summed E-state index contributed by atoms with van der Waals surface area (Å²) in [4.78, 5) is 37.8. The summed E-state index contributed by atoms with van der Waals surface area (Å²) < 4.78 is 20.4. The number of pyridine rings is 1. The molecule has 8 nitrogen and oxygen atoms in total. The van der Waals surface area contributed by atoms with E-state index in [4.69, 9.17) is 21.9 Å². The predicted octanol–water partition coefficient (Wildman–Crippen LogP) is 3.32. The summed E-state index contributed by atoms with van der Waals surface area (Å²) in [6, 6.07) is 10.2. The van der Waals surface area contributed by atoms with E-state index in [0.29, 0.717) is 65.6 Å². The van der Waals surface area contributed by atoms with Gasteiger partial charge in [0, 0.05) is 45.2 Å². The molecule has 0 aliphatic carbocycles. The fraction of sp³-hybridized carbons (Fsp3) is 0.308. The van der Waals surface area contributed by atoms with Crippen LogP contribution in [0.2, 0.25) is 0 Å². The van der Waals surface area contributed by atoms with Gasteiger partial charge in [-0.3, -0.25) is 18.9 Å². The Hall–Kier alpha value is -3.28. The van der Waals surface area contributed by atoms with Gasteiger partial charge >= 0.3 is 0 Å². The second-order valence-electron chi connectivity index (χ2n) is 8.82. The Labute approximate surface area is 223 Å². The number of thiocarbonyl (C=S) groups is 1. The first-order valence-electron chi connectivity index (χ1n) is 11.9. The van der Waals surface area contributed by atoms with Crippen molar-refractivity contribution < 1.29 is 13.9 Å². The van der Waals surface area contributed by atoms with Crippen molar-refractivity contribution in [3.05, 3.63) is 74.8 Å². The third-order valence-electron chi connectivity index (χ3n) is 6.50. The third-order valence-corrected chi connectivity index (χ3v) is 7.88. The van der Waals surface area contributed by atoms with E-state index < -0.39 is 0 Å². The monoisotopic (exact) mass is 539 g/mol. The van der Waals surface area contributed by atoms with Gasteiger partial charge in [-0.05, 0) is 48.9 Å². The number of aromatic nitrogens is 2. The molecule has 2 fully saturated rings. The zero-order valence-electron chi connectivity index (χ0n) is 20.5. The lowest BCUT2D eigenvalue weighted by Crippen LogP contribution is -2.47. The van der Waals surface area contributed by atoms with Gasteiger partial charge in [-0.1, -0.05) is 30.0 Å². The van der Waals surface area contributed by atoms with Gasteiger partial charge in [0.15, 0.2) is 0 Å². The number of piperazine rings is 1. The minimum Gasteiger partial charge on any atom is -0.383 e. The molecule has 37 heavy (non-hydrogen) atoms. The first-order valence-corrected chi connectivity index (χ1v) is 13.1. The average Bonchev–Trinajstić information content (AvgIpc) is 3.17. The maximum atomic E-state index is 13.7. The number of carbonyl (C=O) groups excluding carboxylic acids is 1. The first kappa shape index (κ1) is 25.4. The molecule has 5 rings (SSSR count). The molecule has 11 heteroatoms. The van der Waals surface area contributed by atoms with Crippen LogP contribution in [-0.4, -0.2) is 71.0 Å². The maximum absolute atomic E-state index is 13.7. The molecule has 2 aliphatic heterocycles. The molecule has 0 spiro atoms. The molecule has 2 aliphatic rings. The number of methoxy groups -OCH3 is 1. The molecule has 4 heterocycles. The Balaban J connectivity index is 1.52. The van der Waals surface area contributed by atoms with Gasteiger partial charge in [0.05, 0.1) is 23.6 Å². The number of anilines is 2. The highest BCUT2D eigenvalue weighted by atomic mass is 32.2. The van der Waals surface area contributed by atoms with Crippen LogP contribution in [0.15, 0.2) is 52.3 Å². The van der Waals surface area contributed by atoms with Crippen LogP contribution in [-0.2, 0) is 9.53 Å². The van der Waals surface area contributed by atoms with E-state index in [9.17, 15) is 14.0 Å². The van der Waals surface area contributed by atoms with E-state index in [-0.39, 0.29) is 17.3 Å². The minimum absolute atomic E-state index is 0.243. The van der Waals surface area contributed by atoms with E-state index >= 15 is 0 Å². The Morgan fingerprint density at radius 3 is 2.51 bits per heavy atom. The Morgan fingerprint density at radius 1 is 1.11 bits per heavy atom. The molecule has 0 saturated carbocycles. The number of aryl methyl sites for hydroxylation is 1. The second kappa shape index (κ2) is 10.6. The Kier molecular flexibility index (Phi) is 7.27. The summed E-state index contributed by atoms with van der Waals surface area (Å²) in [7, 11) is 1.57. The molecule has 0 bridgehead atoms. The summed E-state index contributed by atoms with van der Waals surface area (Å²) in [5, 5.41) is 0. The number of amides is 1. The van der Waals surface area contributed by atoms with Crippen molar-refractivity contribution in [2.24, 2.45) is 0 Å². The van der Waals surface area contributed by atoms with E-state index in [1.807, 2.05) is 13.0 Å². The van der Waals surface area contributed by atoms with Crippen molar-refractivity contribution in [3.8, 4) is 0 Å². The van der Waals surface area contributed by atoms with Crippen molar-refractivity contribution in [1.29, 1.82) is 0 Å². The number of halogens is 1. The number of carbonyl (C=O) groups is 1. The van der Waals surface area contributed by atoms with Gasteiger partial charge in [-0.15, -0.1) is 0 Å². The zero-order chi connectivity index (χ0) is 26.1. The number of fused-ring (bicyclic) bond motifs is 1. The summed E-state index contributed by atoms with van der Waals surface area (Å²) in [6.45, 7) is 5.22. The van der Waals surface area contributed by atoms with Crippen LogP contribution in [0.5, 0.6) is 0 Å². The van der Waals surface area contributed by atoms with Gasteiger partial charge in [0.1, 0.15) is 21.6 Å². The SMILES string of the molecule is COCCN1C(=O)/C(=C\c2c(N3CCN(c4ccc(F)cc4)CC3)nc3c(C)cccn3c2=O)SC1=S. The average molecular weight is 540 g/mol. The normalized spacial score (nSPS) is 17.5. The van der Waals surface area contributed by atoms with Crippen LogP contribution in [0, 0.1) is 12.7 Å². The standard InChI is InChI=1S/C26H26FN5O3S2/c1-17-4-3-9-31-22(17)28-23(30-12-10-29(11-13-30)19-7-5-18(27)6-8-19)20(24(31)33)16-21-25(34)32(14-15-35-2)26(36)37-21/h3-9,16H,10-15H2,1-2H3/b21-16+. The molecular formula is C26H26FN5O3S2. The van der Waals surface area contributed by atoms with Crippen LogP contribution >= 0.6 is 24.0 Å². The van der Waals surface area contributed by atoms with Gasteiger partial charge in [-0.2, -0.15) is 0 Å². The van der Waals surface area contributed by atoms with Crippen molar-refractivity contribution >= 4 is 57.4 Å². The van der Waals surface area contributed by atoms with Crippen LogP contribution in [0.4, 0.5) is 15.9 Å². The quantitative estimate of drug-likeness (QED) is 0.349. The van der Waals surface area contributed by atoms with Crippen LogP contribution in [0.25, 0.3) is 11.7 Å². The zero-order valence-corrected chi connectivity index (χ0v) is 22.1. The first-order chi connectivity index (χ1) is 17.9. The molecule has 1 aromatic carbocycles. The molecule has 1 amide bonds. The topological polar surface area (TPSA) is 70.4 Å². The molecule has 2 aromatic heterocycles. The highest BCUT2D eigenvalue weighted by Crippen LogP contribution is 2.33. The Bertz CT molecular complexity index is 1450. The fourth-order valence-electron chi connectivity index (χ4n) is 4.50. The Morgan fingerprint density at radius 2 is 1.81 bits per heavy atom. The van der Waals surface area contributed by atoms with E-state index in [1.165, 1.54) is 33.2 Å². The predicted molar refractivity (Wildman–Crippen MR) is 149 cm³/mol. The molecule has 0 unspecified atom stereocenters. The maximum Gasteiger partial charge on any atom is 0.267 e. The van der Waals surface area contributed by atoms with Gasteiger partial charge in [0.25, 0.3) is 11.5 Å². The van der Waals surface area contributed by atoms with Gasteiger partial charge in [0.2, 0.25) is 0 Å². The van der Waals surface area contributed by atoms with E-state index in [2.05, 4.69) is 9.80 Å². The highest BCUT2D eigenvalue weighted by molar-refractivity contribution is 8.26. The van der Waals surface area contributed by atoms with Crippen LogP contribution < -0.4 is 15.4 Å². The minimum atomic E-state index is -0.268. The molecular weight excluding hydrogens is 513 g/mol. The second-order valence-corrected chi connectivity index (χ2v) is 10.5. The molecule has 0 radical (unpaired) electrons. The van der Waals surface area contributed by atoms with Crippen molar-refractivity contribution in [1.82, 2.24) is 14.3 Å². The molecule has 0 atom stereocenters. The van der Waals surface area contributed by atoms with Crippen molar-refractivity contribution in [2.75, 3.05) is 56.2 Å². The smallest absolute Gasteiger partial charge is 0.267 e. The lowest BCUT2D eigenvalue weighted by atomic mass is 10.2. The number of thioether (sulfide) groups is 1. The van der Waals surface area contributed by atoms with Gasteiger partial charge < -0.3 is 14.5 Å². The highest BCUT2D eigenvalue weighted by Gasteiger charge is 2.33. The lowest BCUT2D eigenvalue weighted by molar-refractivity contribution is -0.122. The lowest BCUT2D eigenvalue weighted by Gasteiger charge is -2.37. The number of hydrogen-bond acceptors (Lipinski definition) is 8. The third kappa shape index (κ3) is 4.98. The summed E-state index contributed by atoms with van der Waals surface area (Å²) in [6.07, 6.45) is 3.31. The van der Waals surface area contributed by atoms with Crippen LogP contribution in [0.3, 0.4) is 0 Å². The van der Waals surface area contributed by atoms with E-state index in [0.717, 1.165) is 11.3 Å². The molecule has 192 valence electrons. The number of rotatable bonds is 6. The fourth-order valence-corrected chi connectivity index (χ4v) is 5.79. The van der Waals surface area contributed by atoms with E-state index in [1.54, 1.807) is 37.6 Å². The van der Waals surface area contributed by atoms with Gasteiger partial charge in [-0.25, -0.2) is 9.37 Å². The number of ether oxygens (including phenoxy) is 1. The largest absolute Gasteiger partial charge is 0.383 e. The molecule has 2 saturated heterocycles. The number of nitrogens with zero attached hydrogens (tertiary/aromatic N) is 5. The van der Waals surface area contributed by atoms with Crippen molar-refractivity contribution in [3.63, 3.8) is 0 Å².